The van der Waals surface area contributed by atoms with E-state index in [9.17, 15) is 4.79 Å². The molecule has 1 fully saturated rings. The fourth-order valence-corrected chi connectivity index (χ4v) is 2.26. The summed E-state index contributed by atoms with van der Waals surface area (Å²) in [4.78, 5) is 18.1. The van der Waals surface area contributed by atoms with Crippen LogP contribution in [-0.2, 0) is 11.3 Å². The number of carbonyl (C=O) groups is 1. The largest absolute Gasteiger partial charge is 0.333 e. The predicted molar refractivity (Wildman–Crippen MR) is 60.6 cm³/mol. The van der Waals surface area contributed by atoms with Crippen molar-refractivity contribution in [2.75, 3.05) is 0 Å². The molecular weight excluding hydrogens is 208 g/mol. The van der Waals surface area contributed by atoms with Crippen LogP contribution in [0.2, 0.25) is 0 Å². The highest BCUT2D eigenvalue weighted by Crippen LogP contribution is 2.29. The number of rotatable bonds is 5. The zero-order chi connectivity index (χ0) is 10.7. The van der Waals surface area contributed by atoms with E-state index < -0.39 is 0 Å². The number of thiazole rings is 1. The Labute approximate surface area is 94.1 Å². The van der Waals surface area contributed by atoms with Gasteiger partial charge in [-0.25, -0.2) is 4.98 Å². The van der Waals surface area contributed by atoms with Crippen LogP contribution in [0.15, 0.2) is 11.6 Å². The molecule has 0 N–H and O–H groups in total. The van der Waals surface area contributed by atoms with Crippen LogP contribution < -0.4 is 0 Å². The fraction of sp³-hybridized carbons (Fsp3) is 0.636. The minimum Gasteiger partial charge on any atom is -0.333 e. The van der Waals surface area contributed by atoms with Crippen LogP contribution in [0.4, 0.5) is 0 Å². The van der Waals surface area contributed by atoms with Gasteiger partial charge in [-0.1, -0.05) is 6.92 Å². The number of hydrogen-bond donors (Lipinski definition) is 0. The second-order valence-electron chi connectivity index (χ2n) is 3.93. The van der Waals surface area contributed by atoms with Crippen molar-refractivity contribution in [1.82, 2.24) is 9.88 Å². The van der Waals surface area contributed by atoms with Gasteiger partial charge < -0.3 is 4.90 Å². The molecular formula is C11H16N2OS. The van der Waals surface area contributed by atoms with Crippen molar-refractivity contribution in [3.8, 4) is 0 Å². The number of aromatic nitrogens is 1. The average molecular weight is 224 g/mol. The Morgan fingerprint density at radius 1 is 1.67 bits per heavy atom. The Morgan fingerprint density at radius 3 is 3.00 bits per heavy atom. The lowest BCUT2D eigenvalue weighted by molar-refractivity contribution is -0.132. The first-order valence-electron chi connectivity index (χ1n) is 5.49. The molecule has 1 aliphatic rings. The summed E-state index contributed by atoms with van der Waals surface area (Å²) in [5.74, 6) is 0.287. The van der Waals surface area contributed by atoms with Crippen molar-refractivity contribution in [2.24, 2.45) is 0 Å². The van der Waals surface area contributed by atoms with Crippen molar-refractivity contribution in [1.29, 1.82) is 0 Å². The summed E-state index contributed by atoms with van der Waals surface area (Å²) in [6.45, 7) is 2.76. The zero-order valence-electron chi connectivity index (χ0n) is 8.98. The lowest BCUT2D eigenvalue weighted by atomic mass is 10.3. The normalized spacial score (nSPS) is 15.3. The van der Waals surface area contributed by atoms with E-state index in [-0.39, 0.29) is 5.91 Å². The van der Waals surface area contributed by atoms with E-state index in [1.165, 1.54) is 12.8 Å². The van der Waals surface area contributed by atoms with Crippen molar-refractivity contribution >= 4 is 17.2 Å². The molecule has 2 rings (SSSR count). The number of hydrogen-bond acceptors (Lipinski definition) is 3. The van der Waals surface area contributed by atoms with E-state index in [0.717, 1.165) is 11.4 Å². The maximum absolute atomic E-state index is 11.9. The summed E-state index contributed by atoms with van der Waals surface area (Å²) < 4.78 is 0. The van der Waals surface area contributed by atoms with Gasteiger partial charge in [-0.05, 0) is 19.3 Å². The average Bonchev–Trinajstić information content (AvgIpc) is 2.93. The van der Waals surface area contributed by atoms with Crippen LogP contribution in [0.1, 0.15) is 37.6 Å². The molecule has 0 saturated heterocycles. The summed E-state index contributed by atoms with van der Waals surface area (Å²) in [7, 11) is 0. The quantitative estimate of drug-likeness (QED) is 0.769. The van der Waals surface area contributed by atoms with Gasteiger partial charge in [-0.3, -0.25) is 4.79 Å². The van der Waals surface area contributed by atoms with Crippen LogP contribution in [0.25, 0.3) is 0 Å². The Kier molecular flexibility index (Phi) is 3.36. The molecule has 1 aromatic heterocycles. The SMILES string of the molecule is CCCC(=O)N(Cc1nccs1)C1CC1. The van der Waals surface area contributed by atoms with Crippen LogP contribution in [0.3, 0.4) is 0 Å². The van der Waals surface area contributed by atoms with Gasteiger partial charge in [0.1, 0.15) is 5.01 Å². The zero-order valence-corrected chi connectivity index (χ0v) is 9.80. The van der Waals surface area contributed by atoms with Crippen LogP contribution in [0.5, 0.6) is 0 Å². The molecule has 3 nitrogen and oxygen atoms in total. The van der Waals surface area contributed by atoms with Crippen LogP contribution >= 0.6 is 11.3 Å². The van der Waals surface area contributed by atoms with Crippen LogP contribution in [0, 0.1) is 0 Å². The molecule has 0 radical (unpaired) electrons. The molecule has 1 heterocycles. The van der Waals surface area contributed by atoms with E-state index in [1.54, 1.807) is 17.5 Å². The minimum absolute atomic E-state index is 0.287. The number of nitrogens with zero attached hydrogens (tertiary/aromatic N) is 2. The first-order chi connectivity index (χ1) is 7.31. The van der Waals surface area contributed by atoms with E-state index in [4.69, 9.17) is 0 Å². The molecule has 82 valence electrons. The van der Waals surface area contributed by atoms with E-state index in [1.807, 2.05) is 17.2 Å². The first kappa shape index (κ1) is 10.6. The highest BCUT2D eigenvalue weighted by molar-refractivity contribution is 7.09. The van der Waals surface area contributed by atoms with Gasteiger partial charge in [0.25, 0.3) is 0 Å². The number of amides is 1. The molecule has 1 aromatic rings. The van der Waals surface area contributed by atoms with Gasteiger partial charge in [-0.2, -0.15) is 0 Å². The standard InChI is InChI=1S/C11H16N2OS/c1-2-3-11(14)13(9-4-5-9)8-10-12-6-7-15-10/h6-7,9H,2-5,8H2,1H3. The molecule has 1 saturated carbocycles. The fourth-order valence-electron chi connectivity index (χ4n) is 1.64. The maximum atomic E-state index is 11.9. The third kappa shape index (κ3) is 2.78. The third-order valence-corrected chi connectivity index (χ3v) is 3.33. The molecule has 0 unspecified atom stereocenters. The Bertz CT molecular complexity index is 319. The van der Waals surface area contributed by atoms with Crippen LogP contribution in [-0.4, -0.2) is 21.8 Å². The smallest absolute Gasteiger partial charge is 0.223 e. The van der Waals surface area contributed by atoms with E-state index in [2.05, 4.69) is 4.98 Å². The minimum atomic E-state index is 0.287. The van der Waals surface area contributed by atoms with Crippen molar-refractivity contribution in [3.63, 3.8) is 0 Å². The van der Waals surface area contributed by atoms with Gasteiger partial charge in [0.15, 0.2) is 0 Å². The Morgan fingerprint density at radius 2 is 2.47 bits per heavy atom. The summed E-state index contributed by atoms with van der Waals surface area (Å²) in [6.07, 6.45) is 5.73. The molecule has 0 atom stereocenters. The molecule has 1 aliphatic carbocycles. The van der Waals surface area contributed by atoms with E-state index in [0.29, 0.717) is 19.0 Å². The molecule has 0 aliphatic heterocycles. The summed E-state index contributed by atoms with van der Waals surface area (Å²) in [6, 6.07) is 0.493. The Hall–Kier alpha value is -0.900. The summed E-state index contributed by atoms with van der Waals surface area (Å²) >= 11 is 1.63. The third-order valence-electron chi connectivity index (χ3n) is 2.56. The topological polar surface area (TPSA) is 33.2 Å². The van der Waals surface area contributed by atoms with E-state index >= 15 is 0 Å². The molecule has 0 aromatic carbocycles. The van der Waals surface area contributed by atoms with Crippen molar-refractivity contribution in [2.45, 2.75) is 45.2 Å². The van der Waals surface area contributed by atoms with Gasteiger partial charge in [0, 0.05) is 24.0 Å². The van der Waals surface area contributed by atoms with Crippen molar-refractivity contribution in [3.05, 3.63) is 16.6 Å². The molecule has 0 bridgehead atoms. The molecule has 1 amide bonds. The van der Waals surface area contributed by atoms with Gasteiger partial charge in [-0.15, -0.1) is 11.3 Å². The second-order valence-corrected chi connectivity index (χ2v) is 4.91. The Balaban J connectivity index is 1.97. The first-order valence-corrected chi connectivity index (χ1v) is 6.37. The highest BCUT2D eigenvalue weighted by atomic mass is 32.1. The van der Waals surface area contributed by atoms with Gasteiger partial charge in [0.2, 0.25) is 5.91 Å². The number of carbonyl (C=O) groups excluding carboxylic acids is 1. The van der Waals surface area contributed by atoms with Gasteiger partial charge in [0.05, 0.1) is 6.54 Å². The monoisotopic (exact) mass is 224 g/mol. The predicted octanol–water partition coefficient (Wildman–Crippen LogP) is 2.43. The lowest BCUT2D eigenvalue weighted by Crippen LogP contribution is -2.32. The summed E-state index contributed by atoms with van der Waals surface area (Å²) in [5, 5.41) is 3.01. The summed E-state index contributed by atoms with van der Waals surface area (Å²) in [5.41, 5.74) is 0. The lowest BCUT2D eigenvalue weighted by Gasteiger charge is -2.20. The molecule has 4 heteroatoms. The molecule has 15 heavy (non-hydrogen) atoms. The maximum Gasteiger partial charge on any atom is 0.223 e. The van der Waals surface area contributed by atoms with Crippen molar-refractivity contribution < 1.29 is 4.79 Å². The second kappa shape index (κ2) is 4.75. The van der Waals surface area contributed by atoms with Gasteiger partial charge >= 0.3 is 0 Å². The molecule has 0 spiro atoms. The highest BCUT2D eigenvalue weighted by Gasteiger charge is 2.32.